The highest BCUT2D eigenvalue weighted by molar-refractivity contribution is 5.85. The van der Waals surface area contributed by atoms with E-state index in [4.69, 9.17) is 4.74 Å². The third-order valence-electron chi connectivity index (χ3n) is 5.11. The topological polar surface area (TPSA) is 75.6 Å². The number of ether oxygens (including phenoxy) is 1. The third-order valence-corrected chi connectivity index (χ3v) is 5.11. The van der Waals surface area contributed by atoms with E-state index in [1.807, 2.05) is 13.8 Å². The molecule has 2 aromatic rings. The van der Waals surface area contributed by atoms with Gasteiger partial charge in [-0.1, -0.05) is 32.0 Å². The van der Waals surface area contributed by atoms with Crippen molar-refractivity contribution < 1.29 is 18.7 Å². The number of aryl methyl sites for hydroxylation is 1. The number of carbonyl (C=O) groups excluding carboxylic acids is 2. The van der Waals surface area contributed by atoms with Crippen LogP contribution in [0.15, 0.2) is 42.9 Å². The maximum Gasteiger partial charge on any atom is 0.242 e. The van der Waals surface area contributed by atoms with E-state index in [1.165, 1.54) is 6.07 Å². The Kier molecular flexibility index (Phi) is 8.06. The lowest BCUT2D eigenvalue weighted by atomic mass is 10.2. The Hall–Kier alpha value is -2.87. The van der Waals surface area contributed by atoms with Crippen molar-refractivity contribution >= 4 is 11.8 Å². The SMILES string of the molecule is CC(C)CN1C[C@@H](OCc2ccccc2F)CN(C(=O)CCc2cnccn2)CC1=O. The van der Waals surface area contributed by atoms with E-state index in [9.17, 15) is 14.0 Å². The first-order valence-electron chi connectivity index (χ1n) is 10.6. The molecule has 3 rings (SSSR count). The summed E-state index contributed by atoms with van der Waals surface area (Å²) in [4.78, 5) is 37.2. The van der Waals surface area contributed by atoms with Gasteiger partial charge in [-0.2, -0.15) is 0 Å². The van der Waals surface area contributed by atoms with Crippen molar-refractivity contribution in [3.63, 3.8) is 0 Å². The summed E-state index contributed by atoms with van der Waals surface area (Å²) in [5, 5.41) is 0. The molecule has 1 fully saturated rings. The second kappa shape index (κ2) is 10.9. The average Bonchev–Trinajstić information content (AvgIpc) is 2.90. The van der Waals surface area contributed by atoms with E-state index in [-0.39, 0.29) is 49.7 Å². The van der Waals surface area contributed by atoms with Crippen LogP contribution >= 0.6 is 0 Å². The maximum absolute atomic E-state index is 14.0. The summed E-state index contributed by atoms with van der Waals surface area (Å²) in [7, 11) is 0. The Morgan fingerprint density at radius 1 is 1.26 bits per heavy atom. The van der Waals surface area contributed by atoms with E-state index in [0.29, 0.717) is 25.1 Å². The summed E-state index contributed by atoms with van der Waals surface area (Å²) >= 11 is 0. The molecule has 8 heteroatoms. The molecule has 0 spiro atoms. The molecule has 1 saturated heterocycles. The normalized spacial score (nSPS) is 17.2. The molecule has 1 aromatic carbocycles. The van der Waals surface area contributed by atoms with E-state index >= 15 is 0 Å². The lowest BCUT2D eigenvalue weighted by Crippen LogP contribution is -2.40. The van der Waals surface area contributed by atoms with Gasteiger partial charge in [-0.15, -0.1) is 0 Å². The number of nitrogens with zero attached hydrogens (tertiary/aromatic N) is 4. The number of rotatable bonds is 8. The van der Waals surface area contributed by atoms with Crippen LogP contribution in [0.5, 0.6) is 0 Å². The molecule has 31 heavy (non-hydrogen) atoms. The Morgan fingerprint density at radius 2 is 2.06 bits per heavy atom. The minimum atomic E-state index is -0.398. The van der Waals surface area contributed by atoms with Gasteiger partial charge in [0.05, 0.1) is 24.9 Å². The molecule has 166 valence electrons. The minimum Gasteiger partial charge on any atom is -0.370 e. The van der Waals surface area contributed by atoms with Gasteiger partial charge in [-0.05, 0) is 18.4 Å². The fourth-order valence-corrected chi connectivity index (χ4v) is 3.57. The molecular weight excluding hydrogens is 399 g/mol. The largest absolute Gasteiger partial charge is 0.370 e. The van der Waals surface area contributed by atoms with Crippen LogP contribution in [0.1, 0.15) is 31.5 Å². The molecule has 7 nitrogen and oxygen atoms in total. The van der Waals surface area contributed by atoms with E-state index in [0.717, 1.165) is 5.69 Å². The molecule has 2 amide bonds. The Bertz CT molecular complexity index is 878. The standard InChI is InChI=1S/C23H29FN4O3/c1-17(2)12-27-13-20(31-16-18-5-3-4-6-21(18)24)14-28(15-23(27)30)22(29)8-7-19-11-25-9-10-26-19/h3-6,9-11,17,20H,7-8,12-16H2,1-2H3/t20-/m1/s1. The molecule has 0 N–H and O–H groups in total. The highest BCUT2D eigenvalue weighted by Gasteiger charge is 2.31. The summed E-state index contributed by atoms with van der Waals surface area (Å²) in [6.07, 6.45) is 5.09. The minimum absolute atomic E-state index is 0.0194. The number of hydrogen-bond donors (Lipinski definition) is 0. The van der Waals surface area contributed by atoms with Gasteiger partial charge in [-0.3, -0.25) is 19.6 Å². The zero-order valence-electron chi connectivity index (χ0n) is 18.0. The molecule has 0 bridgehead atoms. The molecule has 0 radical (unpaired) electrons. The van der Waals surface area contributed by atoms with Crippen molar-refractivity contribution in [1.29, 1.82) is 0 Å². The van der Waals surface area contributed by atoms with E-state index in [2.05, 4.69) is 9.97 Å². The van der Waals surface area contributed by atoms with Crippen molar-refractivity contribution in [2.24, 2.45) is 5.92 Å². The molecule has 1 aliphatic heterocycles. The molecular formula is C23H29FN4O3. The lowest BCUT2D eigenvalue weighted by molar-refractivity contribution is -0.139. The van der Waals surface area contributed by atoms with Crippen molar-refractivity contribution in [1.82, 2.24) is 19.8 Å². The molecule has 0 saturated carbocycles. The first-order chi connectivity index (χ1) is 14.9. The number of aromatic nitrogens is 2. The van der Waals surface area contributed by atoms with Crippen LogP contribution < -0.4 is 0 Å². The fourth-order valence-electron chi connectivity index (χ4n) is 3.57. The molecule has 0 aliphatic carbocycles. The van der Waals surface area contributed by atoms with Crippen molar-refractivity contribution in [3.05, 3.63) is 59.9 Å². The van der Waals surface area contributed by atoms with Gasteiger partial charge in [0.15, 0.2) is 0 Å². The molecule has 1 atom stereocenters. The molecule has 1 aromatic heterocycles. The maximum atomic E-state index is 14.0. The second-order valence-corrected chi connectivity index (χ2v) is 8.19. The number of benzene rings is 1. The third kappa shape index (κ3) is 6.82. The Labute approximate surface area is 182 Å². The smallest absolute Gasteiger partial charge is 0.242 e. The monoisotopic (exact) mass is 428 g/mol. The van der Waals surface area contributed by atoms with Gasteiger partial charge in [-0.25, -0.2) is 4.39 Å². The first-order valence-corrected chi connectivity index (χ1v) is 10.6. The van der Waals surface area contributed by atoms with Crippen LogP contribution in [0.3, 0.4) is 0 Å². The summed E-state index contributed by atoms with van der Waals surface area (Å²) in [6, 6.07) is 6.45. The summed E-state index contributed by atoms with van der Waals surface area (Å²) in [5.74, 6) is -0.276. The molecule has 2 heterocycles. The second-order valence-electron chi connectivity index (χ2n) is 8.19. The van der Waals surface area contributed by atoms with Crippen molar-refractivity contribution in [2.75, 3.05) is 26.2 Å². The number of halogens is 1. The van der Waals surface area contributed by atoms with Crippen LogP contribution in [0.4, 0.5) is 4.39 Å². The zero-order chi connectivity index (χ0) is 22.2. The average molecular weight is 429 g/mol. The van der Waals surface area contributed by atoms with Crippen LogP contribution in [0.2, 0.25) is 0 Å². The van der Waals surface area contributed by atoms with Gasteiger partial charge in [0.1, 0.15) is 5.82 Å². The Morgan fingerprint density at radius 3 is 2.77 bits per heavy atom. The number of hydrogen-bond acceptors (Lipinski definition) is 5. The van der Waals surface area contributed by atoms with Crippen molar-refractivity contribution in [2.45, 2.75) is 39.4 Å². The first kappa shape index (κ1) is 22.8. The van der Waals surface area contributed by atoms with Gasteiger partial charge in [0, 0.05) is 50.2 Å². The van der Waals surface area contributed by atoms with E-state index < -0.39 is 6.10 Å². The highest BCUT2D eigenvalue weighted by Crippen LogP contribution is 2.15. The summed E-state index contributed by atoms with van der Waals surface area (Å²) in [6.45, 7) is 5.43. The van der Waals surface area contributed by atoms with E-state index in [1.54, 1.807) is 46.6 Å². The van der Waals surface area contributed by atoms with Gasteiger partial charge in [0.25, 0.3) is 0 Å². The highest BCUT2D eigenvalue weighted by atomic mass is 19.1. The van der Waals surface area contributed by atoms with Crippen molar-refractivity contribution in [3.8, 4) is 0 Å². The molecule has 1 aliphatic rings. The summed E-state index contributed by atoms with van der Waals surface area (Å²) in [5.41, 5.74) is 1.18. The van der Waals surface area contributed by atoms with Gasteiger partial charge in [0.2, 0.25) is 11.8 Å². The van der Waals surface area contributed by atoms with Crippen LogP contribution in [-0.4, -0.2) is 63.9 Å². The van der Waals surface area contributed by atoms with Crippen LogP contribution in [0.25, 0.3) is 0 Å². The predicted octanol–water partition coefficient (Wildman–Crippen LogP) is 2.46. The quantitative estimate of drug-likeness (QED) is 0.646. The fraction of sp³-hybridized carbons (Fsp3) is 0.478. The van der Waals surface area contributed by atoms with Gasteiger partial charge >= 0.3 is 0 Å². The van der Waals surface area contributed by atoms with Crippen LogP contribution in [0, 0.1) is 11.7 Å². The van der Waals surface area contributed by atoms with Gasteiger partial charge < -0.3 is 14.5 Å². The molecule has 0 unspecified atom stereocenters. The predicted molar refractivity (Wildman–Crippen MR) is 113 cm³/mol. The Balaban J connectivity index is 1.67. The number of amides is 2. The summed E-state index contributed by atoms with van der Waals surface area (Å²) < 4.78 is 20.0. The number of carbonyl (C=O) groups is 2. The zero-order valence-corrected chi connectivity index (χ0v) is 18.0. The van der Waals surface area contributed by atoms with Crippen LogP contribution in [-0.2, 0) is 27.4 Å². The lowest BCUT2D eigenvalue weighted by Gasteiger charge is -2.26.